The molecule has 2 nitrogen and oxygen atoms in total. The van der Waals surface area contributed by atoms with Gasteiger partial charge in [-0.15, -0.1) is 0 Å². The van der Waals surface area contributed by atoms with E-state index in [-0.39, 0.29) is 0 Å². The minimum Gasteiger partial charge on any atom is -0.211 e. The predicted molar refractivity (Wildman–Crippen MR) is 284 cm³/mol. The van der Waals surface area contributed by atoms with Gasteiger partial charge in [-0.1, -0.05) is 322 Å². The van der Waals surface area contributed by atoms with E-state index in [9.17, 15) is 4.79 Å². The fourth-order valence-electron chi connectivity index (χ4n) is 10.2. The smallest absolute Gasteiger partial charge is 0.211 e. The topological polar surface area (TPSA) is 29.4 Å². The fraction of sp³-hybridized carbons (Fsp3) is 0.885. The standard InChI is InChI=1S/C61H113NO/c1-4-7-10-13-16-19-22-25-28-31-34-37-40-43-46-49-52-58-55-59(53-50-47-44-41-38-35-32-29-26-23-20-17-14-11-8-5-2)61(62-57-63)60(56-58)54-51-48-45-42-39-36-33-30-27-24-21-18-15-12-9-6-3/h55-56H,4-54H2,1-3H3. The van der Waals surface area contributed by atoms with E-state index in [1.807, 2.05) is 6.08 Å². The molecule has 0 aliphatic carbocycles. The lowest BCUT2D eigenvalue weighted by atomic mass is 9.93. The molecule has 0 spiro atoms. The van der Waals surface area contributed by atoms with Gasteiger partial charge in [0, 0.05) is 0 Å². The quantitative estimate of drug-likeness (QED) is 0.0364. The number of hydrogen-bond donors (Lipinski definition) is 0. The van der Waals surface area contributed by atoms with Crippen molar-refractivity contribution in [3.63, 3.8) is 0 Å². The zero-order valence-electron chi connectivity index (χ0n) is 43.6. The normalized spacial score (nSPS) is 11.5. The van der Waals surface area contributed by atoms with Gasteiger partial charge in [0.25, 0.3) is 0 Å². The molecule has 1 aromatic rings. The SMILES string of the molecule is CCCCCCCCCCCCCCCCCCc1cc(CCCCCCCCCCCCCCCCCC)c(N=C=O)c(CCCCCCCCCCCCCCCCCC)c1. The van der Waals surface area contributed by atoms with E-state index in [4.69, 9.17) is 0 Å². The number of unbranched alkanes of at least 4 members (excludes halogenated alkanes) is 45. The summed E-state index contributed by atoms with van der Waals surface area (Å²) in [6.07, 6.45) is 72.6. The molecule has 0 aliphatic heterocycles. The molecule has 0 saturated heterocycles. The average molecular weight is 877 g/mol. The maximum absolute atomic E-state index is 11.8. The highest BCUT2D eigenvalue weighted by atomic mass is 16.1. The molecule has 0 aromatic heterocycles. The van der Waals surface area contributed by atoms with E-state index in [2.05, 4.69) is 37.9 Å². The molecule has 0 fully saturated rings. The number of rotatable bonds is 52. The van der Waals surface area contributed by atoms with Crippen molar-refractivity contribution in [3.05, 3.63) is 28.8 Å². The Morgan fingerprint density at radius 3 is 0.683 bits per heavy atom. The second-order valence-electron chi connectivity index (χ2n) is 20.6. The van der Waals surface area contributed by atoms with E-state index >= 15 is 0 Å². The molecule has 0 saturated carbocycles. The van der Waals surface area contributed by atoms with Gasteiger partial charge in [-0.05, 0) is 55.2 Å². The molecule has 0 radical (unpaired) electrons. The molecule has 368 valence electrons. The summed E-state index contributed by atoms with van der Waals surface area (Å²) in [7, 11) is 0. The number of aliphatic imine (C=N–C) groups is 1. The lowest BCUT2D eigenvalue weighted by Gasteiger charge is -2.14. The van der Waals surface area contributed by atoms with Crippen molar-refractivity contribution in [1.82, 2.24) is 0 Å². The van der Waals surface area contributed by atoms with Crippen LogP contribution in [0.25, 0.3) is 0 Å². The number of nitrogens with zero attached hydrogens (tertiary/aromatic N) is 1. The highest BCUT2D eigenvalue weighted by molar-refractivity contribution is 5.60. The van der Waals surface area contributed by atoms with Crippen LogP contribution in [-0.4, -0.2) is 6.08 Å². The second kappa shape index (κ2) is 50.0. The molecule has 0 aliphatic rings. The van der Waals surface area contributed by atoms with Crippen molar-refractivity contribution in [3.8, 4) is 0 Å². The molecule has 0 unspecified atom stereocenters. The van der Waals surface area contributed by atoms with E-state index in [1.54, 1.807) is 0 Å². The number of aryl methyl sites for hydroxylation is 3. The lowest BCUT2D eigenvalue weighted by Crippen LogP contribution is -1.98. The van der Waals surface area contributed by atoms with Gasteiger partial charge in [0.15, 0.2) is 0 Å². The first-order valence-electron chi connectivity index (χ1n) is 29.5. The molecule has 1 rings (SSSR count). The van der Waals surface area contributed by atoms with Crippen LogP contribution in [0.15, 0.2) is 17.1 Å². The summed E-state index contributed by atoms with van der Waals surface area (Å²) in [5, 5.41) is 0. The third kappa shape index (κ3) is 40.6. The van der Waals surface area contributed by atoms with Crippen molar-refractivity contribution in [1.29, 1.82) is 0 Å². The number of carbonyl (C=O) groups excluding carboxylic acids is 1. The monoisotopic (exact) mass is 876 g/mol. The van der Waals surface area contributed by atoms with Gasteiger partial charge in [0.05, 0.1) is 5.69 Å². The van der Waals surface area contributed by atoms with Gasteiger partial charge in [-0.2, -0.15) is 4.99 Å². The van der Waals surface area contributed by atoms with Crippen LogP contribution in [-0.2, 0) is 24.1 Å². The molecule has 63 heavy (non-hydrogen) atoms. The van der Waals surface area contributed by atoms with E-state index in [0.29, 0.717) is 0 Å². The van der Waals surface area contributed by atoms with Crippen LogP contribution in [0.5, 0.6) is 0 Å². The number of isocyanates is 1. The number of hydrogen-bond acceptors (Lipinski definition) is 2. The van der Waals surface area contributed by atoms with E-state index in [1.165, 1.54) is 331 Å². The first kappa shape index (κ1) is 59.6. The maximum Gasteiger partial charge on any atom is 0.240 e. The predicted octanol–water partition coefficient (Wildman–Crippen LogP) is 22.1. The van der Waals surface area contributed by atoms with Crippen molar-refractivity contribution in [2.45, 2.75) is 348 Å². The first-order chi connectivity index (χ1) is 31.3. The van der Waals surface area contributed by atoms with Gasteiger partial charge in [-0.3, -0.25) is 0 Å². The summed E-state index contributed by atoms with van der Waals surface area (Å²) in [6.45, 7) is 6.92. The van der Waals surface area contributed by atoms with Gasteiger partial charge in [0.2, 0.25) is 6.08 Å². The van der Waals surface area contributed by atoms with E-state index in [0.717, 1.165) is 18.5 Å². The van der Waals surface area contributed by atoms with Crippen LogP contribution in [0.3, 0.4) is 0 Å². The van der Waals surface area contributed by atoms with Crippen LogP contribution in [0, 0.1) is 0 Å². The van der Waals surface area contributed by atoms with Gasteiger partial charge in [0.1, 0.15) is 0 Å². The molecule has 0 atom stereocenters. The van der Waals surface area contributed by atoms with Crippen molar-refractivity contribution in [2.75, 3.05) is 0 Å². The fourth-order valence-corrected chi connectivity index (χ4v) is 10.2. The summed E-state index contributed by atoms with van der Waals surface area (Å²) in [4.78, 5) is 16.2. The highest BCUT2D eigenvalue weighted by Gasteiger charge is 2.12. The Morgan fingerprint density at radius 1 is 0.286 bits per heavy atom. The molecule has 0 bridgehead atoms. The van der Waals surface area contributed by atoms with E-state index < -0.39 is 0 Å². The Bertz CT molecular complexity index is 1050. The third-order valence-electron chi connectivity index (χ3n) is 14.4. The van der Waals surface area contributed by atoms with Crippen LogP contribution in [0.1, 0.15) is 346 Å². The number of benzene rings is 1. The summed E-state index contributed by atoms with van der Waals surface area (Å²) >= 11 is 0. The Morgan fingerprint density at radius 2 is 0.476 bits per heavy atom. The highest BCUT2D eigenvalue weighted by Crippen LogP contribution is 2.31. The van der Waals surface area contributed by atoms with Crippen molar-refractivity contribution in [2.24, 2.45) is 4.99 Å². The minimum absolute atomic E-state index is 0.975. The largest absolute Gasteiger partial charge is 0.240 e. The van der Waals surface area contributed by atoms with Crippen LogP contribution < -0.4 is 0 Å². The summed E-state index contributed by atoms with van der Waals surface area (Å²) in [5.41, 5.74) is 5.11. The molecule has 0 N–H and O–H groups in total. The van der Waals surface area contributed by atoms with Gasteiger partial charge < -0.3 is 0 Å². The second-order valence-corrected chi connectivity index (χ2v) is 20.6. The Hall–Kier alpha value is -1.40. The van der Waals surface area contributed by atoms with Crippen LogP contribution in [0.2, 0.25) is 0 Å². The molecule has 0 heterocycles. The zero-order valence-corrected chi connectivity index (χ0v) is 43.6. The first-order valence-corrected chi connectivity index (χ1v) is 29.5. The van der Waals surface area contributed by atoms with Crippen molar-refractivity contribution < 1.29 is 4.79 Å². The Labute approximate surface area is 397 Å². The molecular formula is C61H113NO. The van der Waals surface area contributed by atoms with Crippen LogP contribution >= 0.6 is 0 Å². The Kier molecular flexibility index (Phi) is 47.3. The van der Waals surface area contributed by atoms with Gasteiger partial charge >= 0.3 is 0 Å². The Balaban J connectivity index is 2.45. The molecule has 2 heteroatoms. The maximum atomic E-state index is 11.8. The third-order valence-corrected chi connectivity index (χ3v) is 14.4. The van der Waals surface area contributed by atoms with Crippen molar-refractivity contribution >= 4 is 11.8 Å². The van der Waals surface area contributed by atoms with Crippen LogP contribution in [0.4, 0.5) is 5.69 Å². The average Bonchev–Trinajstić information content (AvgIpc) is 3.29. The minimum atomic E-state index is 0.975. The summed E-state index contributed by atoms with van der Waals surface area (Å²) < 4.78 is 0. The molecule has 0 amide bonds. The zero-order chi connectivity index (χ0) is 45.2. The molecule has 1 aromatic carbocycles. The molecular weight excluding hydrogens is 763 g/mol. The van der Waals surface area contributed by atoms with Gasteiger partial charge in [-0.25, -0.2) is 4.79 Å². The summed E-state index contributed by atoms with van der Waals surface area (Å²) in [5.74, 6) is 0. The summed E-state index contributed by atoms with van der Waals surface area (Å²) in [6, 6.07) is 4.87. The lowest BCUT2D eigenvalue weighted by molar-refractivity contribution is 0.529.